The van der Waals surface area contributed by atoms with Gasteiger partial charge in [-0.05, 0) is 49.4 Å². The Morgan fingerprint density at radius 3 is 2.70 bits per heavy atom. The molecule has 0 spiro atoms. The van der Waals surface area contributed by atoms with E-state index >= 15 is 0 Å². The molecule has 0 saturated carbocycles. The first-order chi connectivity index (χ1) is 12.9. The summed E-state index contributed by atoms with van der Waals surface area (Å²) in [6.45, 7) is 1.17. The Morgan fingerprint density at radius 2 is 1.93 bits per heavy atom. The van der Waals surface area contributed by atoms with Crippen molar-refractivity contribution in [1.82, 2.24) is 0 Å². The number of nitrogens with zero attached hydrogens (tertiary/aromatic N) is 1. The SMILES string of the molecule is Cc1ccc(C(=O)COC(=O)CSc2ccc3c(c2)CCC3)cc1[N+](=O)[O-]. The Balaban J connectivity index is 1.51. The summed E-state index contributed by atoms with van der Waals surface area (Å²) in [4.78, 5) is 35.5. The highest BCUT2D eigenvalue weighted by molar-refractivity contribution is 8.00. The van der Waals surface area contributed by atoms with Crippen LogP contribution in [0.2, 0.25) is 0 Å². The Labute approximate surface area is 161 Å². The highest BCUT2D eigenvalue weighted by atomic mass is 32.2. The van der Waals surface area contributed by atoms with Gasteiger partial charge in [-0.3, -0.25) is 19.7 Å². The molecule has 140 valence electrons. The van der Waals surface area contributed by atoms with Gasteiger partial charge >= 0.3 is 5.97 Å². The van der Waals surface area contributed by atoms with Gasteiger partial charge in [-0.1, -0.05) is 18.2 Å². The predicted octanol–water partition coefficient (Wildman–Crippen LogP) is 3.91. The Hall–Kier alpha value is -2.67. The van der Waals surface area contributed by atoms with Crippen LogP contribution in [0.15, 0.2) is 41.3 Å². The second kappa shape index (κ2) is 8.35. The number of carbonyl (C=O) groups is 2. The largest absolute Gasteiger partial charge is 0.457 e. The topological polar surface area (TPSA) is 86.5 Å². The van der Waals surface area contributed by atoms with E-state index in [-0.39, 0.29) is 17.0 Å². The summed E-state index contributed by atoms with van der Waals surface area (Å²) < 4.78 is 5.02. The first-order valence-corrected chi connectivity index (χ1v) is 9.61. The van der Waals surface area contributed by atoms with Gasteiger partial charge in [0.1, 0.15) is 0 Å². The van der Waals surface area contributed by atoms with E-state index in [0.29, 0.717) is 5.56 Å². The van der Waals surface area contributed by atoms with Crippen LogP contribution < -0.4 is 0 Å². The van der Waals surface area contributed by atoms with Crippen LogP contribution in [0, 0.1) is 17.0 Å². The molecular weight excluding hydrogens is 366 g/mol. The number of fused-ring (bicyclic) bond motifs is 1. The molecule has 0 bridgehead atoms. The smallest absolute Gasteiger partial charge is 0.316 e. The van der Waals surface area contributed by atoms with Crippen LogP contribution in [0.5, 0.6) is 0 Å². The first-order valence-electron chi connectivity index (χ1n) is 8.62. The molecule has 0 unspecified atom stereocenters. The normalized spacial score (nSPS) is 12.5. The van der Waals surface area contributed by atoms with Crippen molar-refractivity contribution < 1.29 is 19.2 Å². The number of aryl methyl sites for hydroxylation is 3. The molecule has 0 N–H and O–H groups in total. The van der Waals surface area contributed by atoms with Crippen molar-refractivity contribution in [3.63, 3.8) is 0 Å². The third-order valence-electron chi connectivity index (χ3n) is 4.52. The van der Waals surface area contributed by atoms with Crippen molar-refractivity contribution in [1.29, 1.82) is 0 Å². The molecule has 0 aromatic heterocycles. The van der Waals surface area contributed by atoms with Gasteiger partial charge in [0, 0.05) is 22.1 Å². The van der Waals surface area contributed by atoms with E-state index in [4.69, 9.17) is 4.74 Å². The number of carbonyl (C=O) groups excluding carboxylic acids is 2. The van der Waals surface area contributed by atoms with Crippen molar-refractivity contribution in [3.05, 3.63) is 68.8 Å². The maximum atomic E-state index is 12.1. The molecule has 0 fully saturated rings. The molecule has 2 aromatic carbocycles. The zero-order valence-electron chi connectivity index (χ0n) is 14.9. The molecular formula is C20H19NO5S. The lowest BCUT2D eigenvalue weighted by atomic mass is 10.1. The molecule has 2 aromatic rings. The molecule has 27 heavy (non-hydrogen) atoms. The molecule has 0 amide bonds. The van der Waals surface area contributed by atoms with E-state index in [1.165, 1.54) is 47.5 Å². The lowest BCUT2D eigenvalue weighted by Crippen LogP contribution is -2.15. The Morgan fingerprint density at radius 1 is 1.15 bits per heavy atom. The molecule has 1 aliphatic rings. The molecule has 0 radical (unpaired) electrons. The van der Waals surface area contributed by atoms with Crippen molar-refractivity contribution in [2.45, 2.75) is 31.1 Å². The molecule has 3 rings (SSSR count). The van der Waals surface area contributed by atoms with E-state index in [0.717, 1.165) is 17.7 Å². The minimum absolute atomic E-state index is 0.111. The fraction of sp³-hybridized carbons (Fsp3) is 0.300. The fourth-order valence-corrected chi connectivity index (χ4v) is 3.79. The third-order valence-corrected chi connectivity index (χ3v) is 5.49. The zero-order chi connectivity index (χ0) is 19.4. The number of benzene rings is 2. The number of ketones is 1. The summed E-state index contributed by atoms with van der Waals surface area (Å²) in [6, 6.07) is 10.4. The number of esters is 1. The molecule has 0 saturated heterocycles. The summed E-state index contributed by atoms with van der Waals surface area (Å²) in [6.07, 6.45) is 3.36. The molecule has 0 atom stereocenters. The second-order valence-corrected chi connectivity index (χ2v) is 7.46. The van der Waals surface area contributed by atoms with Gasteiger partial charge in [-0.25, -0.2) is 0 Å². The van der Waals surface area contributed by atoms with E-state index < -0.39 is 23.3 Å². The number of ether oxygens (including phenoxy) is 1. The highest BCUT2D eigenvalue weighted by Crippen LogP contribution is 2.27. The van der Waals surface area contributed by atoms with Crippen LogP contribution >= 0.6 is 11.8 Å². The number of thioether (sulfide) groups is 1. The predicted molar refractivity (Wildman–Crippen MR) is 102 cm³/mol. The standard InChI is InChI=1S/C20H19NO5S/c1-13-5-6-16(10-18(13)21(24)25)19(22)11-26-20(23)12-27-17-8-7-14-3-2-4-15(14)9-17/h5-10H,2-4,11-12H2,1H3. The van der Waals surface area contributed by atoms with Gasteiger partial charge in [0.15, 0.2) is 6.61 Å². The first kappa shape index (κ1) is 19.1. The summed E-state index contributed by atoms with van der Waals surface area (Å²) in [5.41, 5.74) is 3.22. The lowest BCUT2D eigenvalue weighted by molar-refractivity contribution is -0.385. The average Bonchev–Trinajstić information content (AvgIpc) is 3.12. The van der Waals surface area contributed by atoms with Gasteiger partial charge in [-0.2, -0.15) is 0 Å². The lowest BCUT2D eigenvalue weighted by Gasteiger charge is -2.06. The third kappa shape index (κ3) is 4.74. The average molecular weight is 385 g/mol. The number of Topliss-reactive ketones (excluding diaryl/α,β-unsaturated/α-hetero) is 1. The van der Waals surface area contributed by atoms with Crippen molar-refractivity contribution in [3.8, 4) is 0 Å². The van der Waals surface area contributed by atoms with Crippen LogP contribution in [0.3, 0.4) is 0 Å². The van der Waals surface area contributed by atoms with Gasteiger partial charge in [0.25, 0.3) is 5.69 Å². The van der Waals surface area contributed by atoms with E-state index in [2.05, 4.69) is 12.1 Å². The fourth-order valence-electron chi connectivity index (χ4n) is 3.03. The van der Waals surface area contributed by atoms with Crippen LogP contribution in [-0.4, -0.2) is 29.0 Å². The van der Waals surface area contributed by atoms with Gasteiger partial charge in [0.2, 0.25) is 5.78 Å². The molecule has 1 aliphatic carbocycles. The minimum Gasteiger partial charge on any atom is -0.457 e. The summed E-state index contributed by atoms with van der Waals surface area (Å²) in [5.74, 6) is -0.843. The number of hydrogen-bond donors (Lipinski definition) is 0. The summed E-state index contributed by atoms with van der Waals surface area (Å²) >= 11 is 1.38. The Bertz CT molecular complexity index is 909. The number of rotatable bonds is 7. The van der Waals surface area contributed by atoms with Crippen molar-refractivity contribution in [2.24, 2.45) is 0 Å². The number of hydrogen-bond acceptors (Lipinski definition) is 6. The van der Waals surface area contributed by atoms with Gasteiger partial charge in [0.05, 0.1) is 10.7 Å². The van der Waals surface area contributed by atoms with E-state index in [9.17, 15) is 19.7 Å². The highest BCUT2D eigenvalue weighted by Gasteiger charge is 2.17. The molecule has 6 nitrogen and oxygen atoms in total. The van der Waals surface area contributed by atoms with Crippen LogP contribution in [0.1, 0.15) is 33.5 Å². The molecule has 0 aliphatic heterocycles. The Kier molecular flexibility index (Phi) is 5.91. The number of nitro benzene ring substituents is 1. The minimum atomic E-state index is -0.536. The maximum absolute atomic E-state index is 12.1. The monoisotopic (exact) mass is 385 g/mol. The summed E-state index contributed by atoms with van der Waals surface area (Å²) in [5, 5.41) is 11.0. The number of nitro groups is 1. The zero-order valence-corrected chi connectivity index (χ0v) is 15.7. The van der Waals surface area contributed by atoms with Gasteiger partial charge < -0.3 is 4.74 Å². The van der Waals surface area contributed by atoms with Crippen molar-refractivity contribution in [2.75, 3.05) is 12.4 Å². The van der Waals surface area contributed by atoms with Crippen molar-refractivity contribution >= 4 is 29.2 Å². The molecule has 0 heterocycles. The van der Waals surface area contributed by atoms with Crippen LogP contribution in [-0.2, 0) is 22.4 Å². The van der Waals surface area contributed by atoms with Crippen LogP contribution in [0.25, 0.3) is 0 Å². The quantitative estimate of drug-likeness (QED) is 0.236. The summed E-state index contributed by atoms with van der Waals surface area (Å²) in [7, 11) is 0. The van der Waals surface area contributed by atoms with E-state index in [1.807, 2.05) is 6.07 Å². The second-order valence-electron chi connectivity index (χ2n) is 6.41. The van der Waals surface area contributed by atoms with Crippen LogP contribution in [0.4, 0.5) is 5.69 Å². The maximum Gasteiger partial charge on any atom is 0.316 e. The van der Waals surface area contributed by atoms with E-state index in [1.54, 1.807) is 6.92 Å². The molecule has 7 heteroatoms. The van der Waals surface area contributed by atoms with Gasteiger partial charge in [-0.15, -0.1) is 11.8 Å².